The second kappa shape index (κ2) is 6.48. The minimum atomic E-state index is -0.985. The number of pyridine rings is 1. The molecule has 23 heavy (non-hydrogen) atoms. The van der Waals surface area contributed by atoms with Crippen molar-refractivity contribution in [2.75, 3.05) is 0 Å². The third kappa shape index (κ3) is 3.25. The molecule has 1 fully saturated rings. The first kappa shape index (κ1) is 15.6. The molecule has 2 aromatic rings. The molecule has 0 aliphatic heterocycles. The van der Waals surface area contributed by atoms with E-state index in [0.29, 0.717) is 12.0 Å². The number of nitrogens with zero attached hydrogens (tertiary/aromatic N) is 1. The molecule has 0 unspecified atom stereocenters. The SMILES string of the molecule is Cc1cccc([C@H]2C[C@@H](O)[C@@H](O)[C@@H]2NC(=O)c2cccnc2)c1. The van der Waals surface area contributed by atoms with E-state index in [1.807, 2.05) is 31.2 Å². The van der Waals surface area contributed by atoms with E-state index in [0.717, 1.165) is 11.1 Å². The molecule has 3 rings (SSSR count). The summed E-state index contributed by atoms with van der Waals surface area (Å²) in [6.07, 6.45) is 1.67. The Bertz CT molecular complexity index is 690. The fourth-order valence-corrected chi connectivity index (χ4v) is 3.19. The van der Waals surface area contributed by atoms with Crippen LogP contribution in [0.15, 0.2) is 48.8 Å². The summed E-state index contributed by atoms with van der Waals surface area (Å²) in [6, 6.07) is 10.8. The van der Waals surface area contributed by atoms with Crippen LogP contribution in [0, 0.1) is 6.92 Å². The average molecular weight is 312 g/mol. The Morgan fingerprint density at radius 2 is 2.09 bits per heavy atom. The molecular weight excluding hydrogens is 292 g/mol. The Morgan fingerprint density at radius 3 is 2.78 bits per heavy atom. The van der Waals surface area contributed by atoms with Gasteiger partial charge in [-0.15, -0.1) is 0 Å². The van der Waals surface area contributed by atoms with Gasteiger partial charge in [0, 0.05) is 18.3 Å². The third-order valence-corrected chi connectivity index (χ3v) is 4.38. The molecule has 120 valence electrons. The van der Waals surface area contributed by atoms with Crippen molar-refractivity contribution in [2.45, 2.75) is 37.5 Å². The summed E-state index contributed by atoms with van der Waals surface area (Å²) in [5.41, 5.74) is 2.55. The van der Waals surface area contributed by atoms with Crippen molar-refractivity contribution < 1.29 is 15.0 Å². The summed E-state index contributed by atoms with van der Waals surface area (Å²) in [5.74, 6) is -0.422. The predicted octanol–water partition coefficient (Wildman–Crippen LogP) is 1.40. The van der Waals surface area contributed by atoms with Crippen molar-refractivity contribution in [3.8, 4) is 0 Å². The molecule has 1 aromatic heterocycles. The Balaban J connectivity index is 1.84. The Kier molecular flexibility index (Phi) is 4.41. The first-order valence-electron chi connectivity index (χ1n) is 7.70. The van der Waals surface area contributed by atoms with Gasteiger partial charge in [0.05, 0.1) is 17.7 Å². The number of carbonyl (C=O) groups excluding carboxylic acids is 1. The van der Waals surface area contributed by atoms with E-state index in [-0.39, 0.29) is 11.8 Å². The van der Waals surface area contributed by atoms with Crippen molar-refractivity contribution in [3.05, 3.63) is 65.5 Å². The van der Waals surface area contributed by atoms with Gasteiger partial charge in [-0.3, -0.25) is 9.78 Å². The number of aliphatic hydroxyl groups excluding tert-OH is 2. The molecule has 0 bridgehead atoms. The fourth-order valence-electron chi connectivity index (χ4n) is 3.19. The number of benzene rings is 1. The first-order chi connectivity index (χ1) is 11.1. The van der Waals surface area contributed by atoms with Gasteiger partial charge in [0.15, 0.2) is 0 Å². The summed E-state index contributed by atoms with van der Waals surface area (Å²) >= 11 is 0. The van der Waals surface area contributed by atoms with Crippen LogP contribution >= 0.6 is 0 Å². The zero-order valence-corrected chi connectivity index (χ0v) is 12.9. The minimum Gasteiger partial charge on any atom is -0.390 e. The van der Waals surface area contributed by atoms with Crippen LogP contribution in [-0.4, -0.2) is 39.4 Å². The van der Waals surface area contributed by atoms with Crippen molar-refractivity contribution in [1.29, 1.82) is 0 Å². The van der Waals surface area contributed by atoms with Gasteiger partial charge in [-0.2, -0.15) is 0 Å². The molecule has 1 aromatic carbocycles. The first-order valence-corrected chi connectivity index (χ1v) is 7.70. The quantitative estimate of drug-likeness (QED) is 0.800. The maximum Gasteiger partial charge on any atom is 0.253 e. The number of hydrogen-bond donors (Lipinski definition) is 3. The molecule has 0 saturated heterocycles. The van der Waals surface area contributed by atoms with Crippen molar-refractivity contribution >= 4 is 5.91 Å². The van der Waals surface area contributed by atoms with Gasteiger partial charge in [-0.05, 0) is 31.0 Å². The molecular formula is C18H20N2O3. The van der Waals surface area contributed by atoms with Crippen LogP contribution in [0.3, 0.4) is 0 Å². The summed E-state index contributed by atoms with van der Waals surface area (Å²) in [7, 11) is 0. The average Bonchev–Trinajstić information content (AvgIpc) is 2.84. The normalized spacial score (nSPS) is 26.9. The number of rotatable bonds is 3. The van der Waals surface area contributed by atoms with Crippen LogP contribution in [0.5, 0.6) is 0 Å². The lowest BCUT2D eigenvalue weighted by atomic mass is 9.92. The zero-order valence-electron chi connectivity index (χ0n) is 12.9. The van der Waals surface area contributed by atoms with E-state index in [4.69, 9.17) is 0 Å². The van der Waals surface area contributed by atoms with Gasteiger partial charge in [-0.1, -0.05) is 29.8 Å². The van der Waals surface area contributed by atoms with Gasteiger partial charge in [0.2, 0.25) is 0 Å². The summed E-state index contributed by atoms with van der Waals surface area (Å²) in [4.78, 5) is 16.3. The molecule has 4 atom stereocenters. The molecule has 1 heterocycles. The molecule has 5 heteroatoms. The van der Waals surface area contributed by atoms with Gasteiger partial charge in [-0.25, -0.2) is 0 Å². The van der Waals surface area contributed by atoms with E-state index in [1.165, 1.54) is 6.20 Å². The van der Waals surface area contributed by atoms with Crippen LogP contribution in [0.2, 0.25) is 0 Å². The third-order valence-electron chi connectivity index (χ3n) is 4.38. The van der Waals surface area contributed by atoms with Crippen LogP contribution in [0.4, 0.5) is 0 Å². The lowest BCUT2D eigenvalue weighted by Gasteiger charge is -2.24. The van der Waals surface area contributed by atoms with Crippen molar-refractivity contribution in [2.24, 2.45) is 0 Å². The summed E-state index contributed by atoms with van der Waals surface area (Å²) in [6.45, 7) is 1.99. The molecule has 1 aliphatic rings. The fraction of sp³-hybridized carbons (Fsp3) is 0.333. The molecule has 1 saturated carbocycles. The van der Waals surface area contributed by atoms with Crippen molar-refractivity contribution in [3.63, 3.8) is 0 Å². The predicted molar refractivity (Wildman–Crippen MR) is 86.0 cm³/mol. The molecule has 0 spiro atoms. The molecule has 3 N–H and O–H groups in total. The summed E-state index contributed by atoms with van der Waals surface area (Å²) in [5, 5.41) is 23.2. The number of carbonyl (C=O) groups is 1. The molecule has 1 amide bonds. The van der Waals surface area contributed by atoms with E-state index in [2.05, 4.69) is 10.3 Å². The summed E-state index contributed by atoms with van der Waals surface area (Å²) < 4.78 is 0. The van der Waals surface area contributed by atoms with Crippen molar-refractivity contribution in [1.82, 2.24) is 10.3 Å². The zero-order chi connectivity index (χ0) is 16.4. The highest BCUT2D eigenvalue weighted by atomic mass is 16.3. The topological polar surface area (TPSA) is 82.5 Å². The van der Waals surface area contributed by atoms with E-state index < -0.39 is 18.2 Å². The number of aromatic nitrogens is 1. The maximum absolute atomic E-state index is 12.4. The highest BCUT2D eigenvalue weighted by molar-refractivity contribution is 5.94. The lowest BCUT2D eigenvalue weighted by molar-refractivity contribution is 0.0294. The smallest absolute Gasteiger partial charge is 0.253 e. The Morgan fingerprint density at radius 1 is 1.26 bits per heavy atom. The number of nitrogens with one attached hydrogen (secondary N) is 1. The van der Waals surface area contributed by atoms with Gasteiger partial charge < -0.3 is 15.5 Å². The van der Waals surface area contributed by atoms with Gasteiger partial charge in [0.25, 0.3) is 5.91 Å². The molecule has 1 aliphatic carbocycles. The van der Waals surface area contributed by atoms with Crippen LogP contribution in [0.25, 0.3) is 0 Å². The van der Waals surface area contributed by atoms with Gasteiger partial charge in [0.1, 0.15) is 6.10 Å². The number of hydrogen-bond acceptors (Lipinski definition) is 4. The van der Waals surface area contributed by atoms with E-state index in [9.17, 15) is 15.0 Å². The number of amides is 1. The number of aliphatic hydroxyl groups is 2. The largest absolute Gasteiger partial charge is 0.390 e. The molecule has 5 nitrogen and oxygen atoms in total. The van der Waals surface area contributed by atoms with Crippen LogP contribution in [0.1, 0.15) is 33.8 Å². The number of aryl methyl sites for hydroxylation is 1. The Labute approximate surface area is 135 Å². The second-order valence-corrected chi connectivity index (χ2v) is 6.06. The standard InChI is InChI=1S/C18H20N2O3/c1-11-4-2-5-12(8-11)14-9-15(21)17(22)16(14)20-18(23)13-6-3-7-19-10-13/h2-8,10,14-17,21-22H,9H2,1H3,(H,20,23)/t14-,15-,16-,17-/m1/s1. The highest BCUT2D eigenvalue weighted by Crippen LogP contribution is 2.35. The highest BCUT2D eigenvalue weighted by Gasteiger charge is 2.43. The van der Waals surface area contributed by atoms with Gasteiger partial charge >= 0.3 is 0 Å². The monoisotopic (exact) mass is 312 g/mol. The van der Waals surface area contributed by atoms with E-state index >= 15 is 0 Å². The second-order valence-electron chi connectivity index (χ2n) is 6.06. The van der Waals surface area contributed by atoms with Crippen LogP contribution in [-0.2, 0) is 0 Å². The minimum absolute atomic E-state index is 0.125. The van der Waals surface area contributed by atoms with Crippen LogP contribution < -0.4 is 5.32 Å². The maximum atomic E-state index is 12.4. The molecule has 0 radical (unpaired) electrons. The lowest BCUT2D eigenvalue weighted by Crippen LogP contribution is -2.45. The Hall–Kier alpha value is -2.24. The van der Waals surface area contributed by atoms with E-state index in [1.54, 1.807) is 18.3 Å².